The topological polar surface area (TPSA) is 202 Å². The highest BCUT2D eigenvalue weighted by Crippen LogP contribution is 2.45. The molecule has 64 heavy (non-hydrogen) atoms. The minimum Gasteiger partial charge on any atom is -0.466 e. The van der Waals surface area contributed by atoms with Gasteiger partial charge in [0.25, 0.3) is 17.7 Å². The number of hydrogen-bond donors (Lipinski definition) is 1. The number of rotatable bonds is 18. The predicted octanol–water partition coefficient (Wildman–Crippen LogP) is 2.43. The highest BCUT2D eigenvalue weighted by atomic mass is 32.2. The maximum absolute atomic E-state index is 15.6. The number of amides is 5. The fourth-order valence-corrected chi connectivity index (χ4v) is 9.63. The SMILES string of the molecule is CS(=O)(=O)CCN(COc1c2n(ccc1=O)N([C@@H]1c3ccccc3SCc3c1ccc(F)c3F)[C@@H]1COCCN1C2=O)C(=O)CNC(=O)CCC(=O)CCCCCN1C(=O)C=CC1=O. The number of pyridine rings is 1. The van der Waals surface area contributed by atoms with Crippen LogP contribution in [0.25, 0.3) is 0 Å². The normalized spacial score (nSPS) is 17.9. The van der Waals surface area contributed by atoms with Crippen molar-refractivity contribution in [2.24, 2.45) is 0 Å². The first kappa shape index (κ1) is 46.1. The van der Waals surface area contributed by atoms with Crippen molar-refractivity contribution in [3.63, 3.8) is 0 Å². The van der Waals surface area contributed by atoms with Crippen LogP contribution in [0.5, 0.6) is 5.75 Å². The van der Waals surface area contributed by atoms with Crippen LogP contribution in [0.15, 0.2) is 70.5 Å². The Kier molecular flexibility index (Phi) is 14.3. The smallest absolute Gasteiger partial charge is 0.278 e. The Balaban J connectivity index is 1.07. The lowest BCUT2D eigenvalue weighted by atomic mass is 9.93. The molecule has 5 heterocycles. The molecule has 1 aromatic heterocycles. The number of hydrogen-bond acceptors (Lipinski definition) is 13. The minimum absolute atomic E-state index is 0.0251. The number of unbranched alkanes of at least 4 members (excludes halogenated alkanes) is 2. The van der Waals surface area contributed by atoms with Gasteiger partial charge in [-0.15, -0.1) is 11.8 Å². The molecule has 2 atom stereocenters. The molecule has 0 bridgehead atoms. The van der Waals surface area contributed by atoms with Crippen molar-refractivity contribution in [1.29, 1.82) is 0 Å². The van der Waals surface area contributed by atoms with Crippen LogP contribution >= 0.6 is 11.8 Å². The van der Waals surface area contributed by atoms with Gasteiger partial charge in [0.15, 0.2) is 29.8 Å². The van der Waals surface area contributed by atoms with E-state index < -0.39 is 88.2 Å². The number of fused-ring (bicyclic) bond motifs is 4. The third-order valence-electron chi connectivity index (χ3n) is 11.3. The lowest BCUT2D eigenvalue weighted by Crippen LogP contribution is -2.66. The van der Waals surface area contributed by atoms with Crippen LogP contribution < -0.4 is 20.5 Å². The van der Waals surface area contributed by atoms with Gasteiger partial charge in [0.2, 0.25) is 17.2 Å². The van der Waals surface area contributed by atoms with Gasteiger partial charge < -0.3 is 24.6 Å². The lowest BCUT2D eigenvalue weighted by Gasteiger charge is -2.51. The number of morpholine rings is 1. The number of thioether (sulfide) groups is 1. The van der Waals surface area contributed by atoms with Gasteiger partial charge in [-0.2, -0.15) is 0 Å². The van der Waals surface area contributed by atoms with Crippen molar-refractivity contribution in [3.05, 3.63) is 105 Å². The summed E-state index contributed by atoms with van der Waals surface area (Å²) in [7, 11) is -3.63. The molecule has 1 saturated heterocycles. The molecular weight excluding hydrogens is 879 g/mol. The molecule has 7 rings (SSSR count). The van der Waals surface area contributed by atoms with Crippen molar-refractivity contribution in [1.82, 2.24) is 24.7 Å². The van der Waals surface area contributed by atoms with Gasteiger partial charge in [-0.25, -0.2) is 17.2 Å². The third-order valence-corrected chi connectivity index (χ3v) is 13.3. The molecule has 0 spiro atoms. The molecule has 0 unspecified atom stereocenters. The Bertz CT molecular complexity index is 2550. The summed E-state index contributed by atoms with van der Waals surface area (Å²) in [6.45, 7) is -1.18. The first-order valence-corrected chi connectivity index (χ1v) is 23.7. The van der Waals surface area contributed by atoms with Gasteiger partial charge >= 0.3 is 0 Å². The van der Waals surface area contributed by atoms with E-state index in [4.69, 9.17) is 9.47 Å². The summed E-state index contributed by atoms with van der Waals surface area (Å²) in [5, 5.41) is 4.20. The summed E-state index contributed by atoms with van der Waals surface area (Å²) in [6, 6.07) is 10.2. The van der Waals surface area contributed by atoms with Crippen molar-refractivity contribution in [2.75, 3.05) is 63.1 Å². The molecule has 21 heteroatoms. The van der Waals surface area contributed by atoms with E-state index in [2.05, 4.69) is 5.32 Å². The summed E-state index contributed by atoms with van der Waals surface area (Å²) in [5.74, 6) is -5.82. The second-order valence-corrected chi connectivity index (χ2v) is 18.9. The number of nitrogens with zero attached hydrogens (tertiary/aromatic N) is 5. The first-order valence-electron chi connectivity index (χ1n) is 20.6. The largest absolute Gasteiger partial charge is 0.466 e. The van der Waals surface area contributed by atoms with E-state index in [1.54, 1.807) is 5.01 Å². The summed E-state index contributed by atoms with van der Waals surface area (Å²) in [4.78, 5) is 94.5. The zero-order valence-corrected chi connectivity index (χ0v) is 36.5. The highest BCUT2D eigenvalue weighted by Gasteiger charge is 2.46. The first-order chi connectivity index (χ1) is 30.6. The number of Topliss-reactive ketones (excluding diaryl/α,β-unsaturated/α-hetero) is 1. The van der Waals surface area contributed by atoms with E-state index in [0.717, 1.165) is 33.1 Å². The molecule has 5 amide bonds. The molecular formula is C43H46F2N6O11S2. The zero-order chi connectivity index (χ0) is 45.7. The van der Waals surface area contributed by atoms with Gasteiger partial charge in [0.1, 0.15) is 21.8 Å². The van der Waals surface area contributed by atoms with Crippen LogP contribution in [0.4, 0.5) is 8.78 Å². The molecule has 1 fully saturated rings. The lowest BCUT2D eigenvalue weighted by molar-refractivity contribution is -0.137. The van der Waals surface area contributed by atoms with Crippen LogP contribution in [0.2, 0.25) is 0 Å². The summed E-state index contributed by atoms with van der Waals surface area (Å²) >= 11 is 1.33. The number of carbonyl (C=O) groups excluding carboxylic acids is 6. The summed E-state index contributed by atoms with van der Waals surface area (Å²) in [6.07, 6.45) is 5.41. The average molecular weight is 925 g/mol. The number of benzene rings is 2. The highest BCUT2D eigenvalue weighted by molar-refractivity contribution is 7.98. The molecule has 0 saturated carbocycles. The van der Waals surface area contributed by atoms with E-state index in [0.29, 0.717) is 30.4 Å². The maximum Gasteiger partial charge on any atom is 0.278 e. The quantitative estimate of drug-likeness (QED) is 0.111. The summed E-state index contributed by atoms with van der Waals surface area (Å²) < 4.78 is 68.1. The van der Waals surface area contributed by atoms with E-state index >= 15 is 4.39 Å². The Morgan fingerprint density at radius 1 is 0.953 bits per heavy atom. The van der Waals surface area contributed by atoms with E-state index in [-0.39, 0.29) is 80.2 Å². The van der Waals surface area contributed by atoms with Gasteiger partial charge in [0, 0.05) is 85.8 Å². The second kappa shape index (κ2) is 19.9. The Hall–Kier alpha value is -5.93. The number of nitrogens with one attached hydrogen (secondary N) is 1. The van der Waals surface area contributed by atoms with Gasteiger partial charge in [-0.3, -0.25) is 48.1 Å². The number of sulfone groups is 1. The van der Waals surface area contributed by atoms with Crippen molar-refractivity contribution < 1.29 is 55.4 Å². The number of ketones is 1. The number of aromatic nitrogens is 1. The van der Waals surface area contributed by atoms with Crippen molar-refractivity contribution in [2.45, 2.75) is 61.4 Å². The van der Waals surface area contributed by atoms with Crippen molar-refractivity contribution in [3.8, 4) is 5.75 Å². The molecule has 4 aliphatic heterocycles. The molecule has 0 aliphatic carbocycles. The van der Waals surface area contributed by atoms with Crippen molar-refractivity contribution >= 4 is 56.9 Å². The summed E-state index contributed by atoms with van der Waals surface area (Å²) in [5.41, 5.74) is 0.301. The van der Waals surface area contributed by atoms with Gasteiger partial charge in [-0.05, 0) is 36.1 Å². The fourth-order valence-electron chi connectivity index (χ4n) is 7.96. The van der Waals surface area contributed by atoms with Crippen LogP contribution in [0.1, 0.15) is 71.7 Å². The Labute approximate surface area is 371 Å². The van der Waals surface area contributed by atoms with Crippen LogP contribution in [-0.4, -0.2) is 127 Å². The fraction of sp³-hybridized carbons (Fsp3) is 0.419. The molecule has 17 nitrogen and oxygen atoms in total. The van der Waals surface area contributed by atoms with E-state index in [9.17, 15) is 46.4 Å². The van der Waals surface area contributed by atoms with Crippen LogP contribution in [0, 0.1) is 11.6 Å². The maximum atomic E-state index is 15.6. The zero-order valence-electron chi connectivity index (χ0n) is 34.8. The van der Waals surface area contributed by atoms with E-state index in [1.165, 1.54) is 45.8 Å². The Morgan fingerprint density at radius 3 is 2.48 bits per heavy atom. The molecule has 4 aliphatic rings. The average Bonchev–Trinajstić information content (AvgIpc) is 3.49. The monoisotopic (exact) mass is 924 g/mol. The number of carbonyl (C=O) groups is 6. The number of imide groups is 1. The Morgan fingerprint density at radius 2 is 1.72 bits per heavy atom. The van der Waals surface area contributed by atoms with E-state index in [1.807, 2.05) is 24.3 Å². The molecule has 3 aromatic rings. The van der Waals surface area contributed by atoms with Gasteiger partial charge in [-0.1, -0.05) is 30.7 Å². The van der Waals surface area contributed by atoms with Crippen LogP contribution in [-0.2, 0) is 44.3 Å². The number of halogens is 2. The molecule has 1 N–H and O–H groups in total. The number of ether oxygens (including phenoxy) is 2. The van der Waals surface area contributed by atoms with Gasteiger partial charge in [0.05, 0.1) is 31.6 Å². The molecule has 2 aromatic carbocycles. The molecule has 0 radical (unpaired) electrons. The third kappa shape index (κ3) is 10.2. The predicted molar refractivity (Wildman–Crippen MR) is 227 cm³/mol. The minimum atomic E-state index is -3.63. The molecule has 340 valence electrons. The standard InChI is InChI=1S/C43H46F2N6O11S2/c1-64(59,60)22-20-47(38(57)23-46-34(54)13-10-27(52)7-3-2-6-17-49-36(55)14-15-37(49)56)26-62-42-32(53)16-18-50-41(42)43(58)48-19-21-61-24-35(48)51(50)40-28-11-12-31(44)39(45)30(28)25-63-33-9-5-4-8-29(33)40/h4-5,8-9,11-12,14-16,18,35,40H,2-3,6-7,10,13,17,19-26H2,1H3,(H,46,54)/t35-,40+/m1/s1. The second-order valence-electron chi connectivity index (χ2n) is 15.6. The van der Waals surface area contributed by atoms with Crippen LogP contribution in [0.3, 0.4) is 0 Å².